The van der Waals surface area contributed by atoms with Crippen molar-refractivity contribution in [2.75, 3.05) is 4.90 Å². The number of rotatable bonds is 5. The highest BCUT2D eigenvalue weighted by Crippen LogP contribution is 2.64. The lowest BCUT2D eigenvalue weighted by Gasteiger charge is -2.31. The van der Waals surface area contributed by atoms with Gasteiger partial charge in [-0.05, 0) is 131 Å². The zero-order chi connectivity index (χ0) is 39.3. The van der Waals surface area contributed by atoms with Gasteiger partial charge in [-0.2, -0.15) is 0 Å². The summed E-state index contributed by atoms with van der Waals surface area (Å²) in [5.41, 5.74) is 23.8. The molecule has 0 saturated carbocycles. The first-order valence-corrected chi connectivity index (χ1v) is 20.8. The molecule has 59 heavy (non-hydrogen) atoms. The van der Waals surface area contributed by atoms with E-state index in [0.717, 1.165) is 17.1 Å². The molecule has 0 radical (unpaired) electrons. The average molecular weight is 752 g/mol. The van der Waals surface area contributed by atoms with Crippen molar-refractivity contribution < 1.29 is 0 Å². The average Bonchev–Trinajstić information content (AvgIpc) is 3.85. The summed E-state index contributed by atoms with van der Waals surface area (Å²) in [7, 11) is 0. The molecule has 0 heterocycles. The van der Waals surface area contributed by atoms with Crippen LogP contribution in [0, 0.1) is 0 Å². The lowest BCUT2D eigenvalue weighted by Crippen LogP contribution is -2.26. The molecule has 12 rings (SSSR count). The van der Waals surface area contributed by atoms with E-state index in [1.165, 1.54) is 89.0 Å². The van der Waals surface area contributed by atoms with E-state index in [1.807, 2.05) is 0 Å². The molecule has 0 bridgehead atoms. The Balaban J connectivity index is 1.09. The highest BCUT2D eigenvalue weighted by molar-refractivity contribution is 5.97. The minimum absolute atomic E-state index is 0.117. The highest BCUT2D eigenvalue weighted by atomic mass is 15.1. The summed E-state index contributed by atoms with van der Waals surface area (Å²) in [5.74, 6) is 0. The highest BCUT2D eigenvalue weighted by Gasteiger charge is 2.52. The fraction of sp³-hybridized carbons (Fsp3) is 0.0690. The molecule has 0 aromatic heterocycles. The van der Waals surface area contributed by atoms with Gasteiger partial charge in [0.2, 0.25) is 0 Å². The maximum Gasteiger partial charge on any atom is 0.0725 e. The number of fused-ring (bicyclic) bond motifs is 13. The lowest BCUT2D eigenvalue weighted by atomic mass is 9.70. The number of hydrogen-bond donors (Lipinski definition) is 0. The molecule has 3 aliphatic carbocycles. The Hall–Kier alpha value is -7.22. The number of nitrogens with zero attached hydrogens (tertiary/aromatic N) is 1. The summed E-state index contributed by atoms with van der Waals surface area (Å²) < 4.78 is 0. The minimum Gasteiger partial charge on any atom is -0.310 e. The van der Waals surface area contributed by atoms with Crippen LogP contribution in [0.15, 0.2) is 212 Å². The molecule has 278 valence electrons. The van der Waals surface area contributed by atoms with Crippen LogP contribution in [0.5, 0.6) is 0 Å². The van der Waals surface area contributed by atoms with Crippen molar-refractivity contribution in [1.29, 1.82) is 0 Å². The second-order valence-electron chi connectivity index (χ2n) is 16.8. The van der Waals surface area contributed by atoms with Crippen LogP contribution in [0.4, 0.5) is 17.1 Å². The van der Waals surface area contributed by atoms with E-state index in [2.05, 4.69) is 231 Å². The molecule has 0 N–H and O–H groups in total. The van der Waals surface area contributed by atoms with Gasteiger partial charge in [-0.1, -0.05) is 184 Å². The van der Waals surface area contributed by atoms with Crippen molar-refractivity contribution in [3.63, 3.8) is 0 Å². The predicted molar refractivity (Wildman–Crippen MR) is 246 cm³/mol. The van der Waals surface area contributed by atoms with Crippen LogP contribution in [0.1, 0.15) is 47.2 Å². The van der Waals surface area contributed by atoms with E-state index >= 15 is 0 Å². The Kier molecular flexibility index (Phi) is 7.26. The van der Waals surface area contributed by atoms with Crippen LogP contribution in [0.25, 0.3) is 55.6 Å². The van der Waals surface area contributed by atoms with Gasteiger partial charge >= 0.3 is 0 Å². The van der Waals surface area contributed by atoms with Crippen LogP contribution in [0.3, 0.4) is 0 Å². The normalized spacial score (nSPS) is 14.2. The Morgan fingerprint density at radius 1 is 0.271 bits per heavy atom. The fourth-order valence-electron chi connectivity index (χ4n) is 10.8. The van der Waals surface area contributed by atoms with Gasteiger partial charge in [0, 0.05) is 22.5 Å². The van der Waals surface area contributed by atoms with Crippen molar-refractivity contribution in [2.45, 2.75) is 24.7 Å². The maximum atomic E-state index is 2.48. The summed E-state index contributed by atoms with van der Waals surface area (Å²) in [6.07, 6.45) is 0. The van der Waals surface area contributed by atoms with Crippen molar-refractivity contribution in [2.24, 2.45) is 0 Å². The zero-order valence-corrected chi connectivity index (χ0v) is 33.2. The number of benzene rings is 9. The number of hydrogen-bond acceptors (Lipinski definition) is 1. The van der Waals surface area contributed by atoms with Crippen LogP contribution in [-0.2, 0) is 10.8 Å². The molecule has 1 spiro atoms. The Morgan fingerprint density at radius 3 is 1.36 bits per heavy atom. The molecule has 3 aliphatic rings. The monoisotopic (exact) mass is 751 g/mol. The predicted octanol–water partition coefficient (Wildman–Crippen LogP) is 15.1. The molecule has 0 amide bonds. The lowest BCUT2D eigenvalue weighted by molar-refractivity contribution is 0.660. The fourth-order valence-corrected chi connectivity index (χ4v) is 10.8. The summed E-state index contributed by atoms with van der Waals surface area (Å²) in [6, 6.07) is 79.2. The topological polar surface area (TPSA) is 3.24 Å². The molecule has 0 fully saturated rings. The van der Waals surface area contributed by atoms with Crippen LogP contribution >= 0.6 is 0 Å². The van der Waals surface area contributed by atoms with E-state index in [4.69, 9.17) is 0 Å². The summed E-state index contributed by atoms with van der Waals surface area (Å²) in [4.78, 5) is 2.47. The van der Waals surface area contributed by atoms with Crippen molar-refractivity contribution in [3.05, 3.63) is 246 Å². The molecule has 0 saturated heterocycles. The van der Waals surface area contributed by atoms with Crippen molar-refractivity contribution in [3.8, 4) is 55.6 Å². The molecular formula is C58H41N. The van der Waals surface area contributed by atoms with Crippen LogP contribution < -0.4 is 4.90 Å². The maximum absolute atomic E-state index is 2.48. The second kappa shape index (κ2) is 12.6. The smallest absolute Gasteiger partial charge is 0.0725 e. The zero-order valence-electron chi connectivity index (χ0n) is 33.2. The van der Waals surface area contributed by atoms with Crippen LogP contribution in [-0.4, -0.2) is 0 Å². The van der Waals surface area contributed by atoms with Gasteiger partial charge in [0.05, 0.1) is 5.41 Å². The molecular weight excluding hydrogens is 711 g/mol. The third-order valence-corrected chi connectivity index (χ3v) is 13.5. The molecule has 0 unspecified atom stereocenters. The van der Waals surface area contributed by atoms with E-state index in [0.29, 0.717) is 0 Å². The molecule has 0 atom stereocenters. The van der Waals surface area contributed by atoms with E-state index in [1.54, 1.807) is 0 Å². The van der Waals surface area contributed by atoms with Gasteiger partial charge in [0.1, 0.15) is 0 Å². The molecule has 1 nitrogen and oxygen atoms in total. The largest absolute Gasteiger partial charge is 0.310 e. The summed E-state index contributed by atoms with van der Waals surface area (Å²) >= 11 is 0. The molecule has 9 aromatic rings. The molecule has 1 heteroatoms. The van der Waals surface area contributed by atoms with E-state index in [9.17, 15) is 0 Å². The first kappa shape index (κ1) is 33.9. The van der Waals surface area contributed by atoms with Gasteiger partial charge in [-0.15, -0.1) is 0 Å². The Labute approximate surface area is 346 Å². The SMILES string of the molecule is CC1(C)c2ccccc2-c2ccc(N(c3ccc(-c4ccccc4)cc3)c3ccc4c(c3)-c3ccc(-c5ccccc5)cc3C43c4ccccc4-c4ccccc43)cc21. The Bertz CT molecular complexity index is 3070. The Morgan fingerprint density at radius 2 is 0.695 bits per heavy atom. The van der Waals surface area contributed by atoms with E-state index < -0.39 is 5.41 Å². The standard InChI is InChI=1S/C58H41N/c1-57(2)51-22-12-9-19-45(51)48-33-30-44(37-55(48)57)59(42-28-25-40(26-29-42)38-15-5-3-6-16-38)43-31-34-54-50(36-43)49-32-27-41(39-17-7-4-8-18-39)35-56(49)58(54)52-23-13-10-20-46(52)47-21-11-14-24-53(47)58/h3-37H,1-2H3. The first-order valence-electron chi connectivity index (χ1n) is 20.8. The van der Waals surface area contributed by atoms with Gasteiger partial charge in [-0.3, -0.25) is 0 Å². The van der Waals surface area contributed by atoms with Gasteiger partial charge in [0.15, 0.2) is 0 Å². The van der Waals surface area contributed by atoms with Crippen molar-refractivity contribution in [1.82, 2.24) is 0 Å². The first-order chi connectivity index (χ1) is 29.0. The van der Waals surface area contributed by atoms with Gasteiger partial charge in [-0.25, -0.2) is 0 Å². The van der Waals surface area contributed by atoms with E-state index in [-0.39, 0.29) is 5.41 Å². The molecule has 0 aliphatic heterocycles. The van der Waals surface area contributed by atoms with Gasteiger partial charge < -0.3 is 4.90 Å². The third kappa shape index (κ3) is 4.79. The summed E-state index contributed by atoms with van der Waals surface area (Å²) in [5, 5.41) is 0. The number of anilines is 3. The minimum atomic E-state index is -0.438. The third-order valence-electron chi connectivity index (χ3n) is 13.5. The van der Waals surface area contributed by atoms with Crippen LogP contribution in [0.2, 0.25) is 0 Å². The summed E-state index contributed by atoms with van der Waals surface area (Å²) in [6.45, 7) is 4.74. The molecule has 9 aromatic carbocycles. The van der Waals surface area contributed by atoms with Crippen molar-refractivity contribution >= 4 is 17.1 Å². The quantitative estimate of drug-likeness (QED) is 0.169. The van der Waals surface area contributed by atoms with Gasteiger partial charge in [0.25, 0.3) is 0 Å². The second-order valence-corrected chi connectivity index (χ2v) is 16.8.